The molecule has 0 unspecified atom stereocenters. The summed E-state index contributed by atoms with van der Waals surface area (Å²) in [5.41, 5.74) is 1.68. The van der Waals surface area contributed by atoms with Gasteiger partial charge in [0.2, 0.25) is 0 Å². The Bertz CT molecular complexity index is 1080. The lowest BCUT2D eigenvalue weighted by Crippen LogP contribution is -2.21. The van der Waals surface area contributed by atoms with E-state index >= 15 is 0 Å². The quantitative estimate of drug-likeness (QED) is 0.246. The van der Waals surface area contributed by atoms with E-state index in [-0.39, 0.29) is 37.7 Å². The second kappa shape index (κ2) is 20.3. The molecule has 3 aliphatic rings. The van der Waals surface area contributed by atoms with Gasteiger partial charge >= 0.3 is 11.9 Å². The third-order valence-electron chi connectivity index (χ3n) is 7.92. The molecule has 1 N–H and O–H groups in total. The Balaban J connectivity index is 0.000000280. The highest BCUT2D eigenvalue weighted by Gasteiger charge is 2.21. The van der Waals surface area contributed by atoms with Crippen LogP contribution in [0.25, 0.3) is 0 Å². The Labute approximate surface area is 271 Å². The molecule has 3 saturated carbocycles. The van der Waals surface area contributed by atoms with Gasteiger partial charge in [-0.2, -0.15) is 0 Å². The summed E-state index contributed by atoms with van der Waals surface area (Å²) in [6, 6.07) is 12.4. The normalized spacial score (nSPS) is 17.3. The predicted octanol–water partition coefficient (Wildman–Crippen LogP) is 9.06. The molecule has 0 saturated heterocycles. The van der Waals surface area contributed by atoms with Crippen molar-refractivity contribution in [2.75, 3.05) is 0 Å². The molecule has 0 aromatic heterocycles. The summed E-state index contributed by atoms with van der Waals surface area (Å²) in [6.07, 6.45) is 16.8. The van der Waals surface area contributed by atoms with Gasteiger partial charge in [0.1, 0.15) is 12.2 Å². The second-order valence-corrected chi connectivity index (χ2v) is 12.0. The predicted molar refractivity (Wildman–Crippen MR) is 174 cm³/mol. The van der Waals surface area contributed by atoms with Crippen molar-refractivity contribution in [2.45, 2.75) is 122 Å². The van der Waals surface area contributed by atoms with E-state index in [2.05, 4.69) is 0 Å². The smallest absolute Gasteiger partial charge is 0.338 e. The lowest BCUT2D eigenvalue weighted by atomic mass is 9.97. The van der Waals surface area contributed by atoms with E-state index in [0.29, 0.717) is 22.3 Å². The maximum atomic E-state index is 12.2. The lowest BCUT2D eigenvalue weighted by molar-refractivity contribution is 0.0196. The first-order valence-electron chi connectivity index (χ1n) is 15.4. The fraction of sp³-hybridized carbons (Fsp3) is 0.543. The van der Waals surface area contributed by atoms with Crippen molar-refractivity contribution in [1.29, 1.82) is 0 Å². The summed E-state index contributed by atoms with van der Waals surface area (Å²) in [5.74, 6) is -0.594. The van der Waals surface area contributed by atoms with E-state index < -0.39 is 10.5 Å². The van der Waals surface area contributed by atoms with Gasteiger partial charge in [0.15, 0.2) is 0 Å². The molecule has 0 spiro atoms. The maximum Gasteiger partial charge on any atom is 0.338 e. The van der Waals surface area contributed by atoms with Crippen LogP contribution in [0.5, 0.6) is 0 Å². The van der Waals surface area contributed by atoms with Crippen LogP contribution in [0.3, 0.4) is 0 Å². The fourth-order valence-electron chi connectivity index (χ4n) is 5.36. The van der Waals surface area contributed by atoms with Crippen LogP contribution < -0.4 is 0 Å². The van der Waals surface area contributed by atoms with Crippen LogP contribution >= 0.6 is 23.2 Å². The number of hydrogen-bond donors (Lipinski definition) is 1. The largest absolute Gasteiger partial charge is 0.459 e. The van der Waals surface area contributed by atoms with Crippen LogP contribution in [-0.4, -0.2) is 45.8 Å². The van der Waals surface area contributed by atoms with E-state index in [1.54, 1.807) is 24.3 Å². The summed E-state index contributed by atoms with van der Waals surface area (Å²) >= 11 is 10.4. The van der Waals surface area contributed by atoms with Crippen molar-refractivity contribution in [3.63, 3.8) is 0 Å². The summed E-state index contributed by atoms with van der Waals surface area (Å²) in [7, 11) is 0. The van der Waals surface area contributed by atoms with Crippen molar-refractivity contribution in [3.8, 4) is 0 Å². The number of hydrogen-bond acceptors (Lipinski definition) is 7. The summed E-state index contributed by atoms with van der Waals surface area (Å²) in [6.45, 7) is 0. The zero-order valence-electron chi connectivity index (χ0n) is 24.6. The molecule has 3 aliphatic carbocycles. The Morgan fingerprint density at radius 3 is 1.02 bits per heavy atom. The molecule has 0 heterocycles. The van der Waals surface area contributed by atoms with E-state index in [9.17, 15) is 19.2 Å². The molecule has 3 fully saturated rings. The zero-order valence-corrected chi connectivity index (χ0v) is 26.1. The number of esters is 2. The topological polar surface area (TPSA) is 107 Å². The first-order chi connectivity index (χ1) is 20.7. The van der Waals surface area contributed by atoms with Gasteiger partial charge < -0.3 is 14.6 Å². The van der Waals surface area contributed by atoms with Gasteiger partial charge in [0, 0.05) is 11.1 Å². The number of benzene rings is 2. The molecule has 5 rings (SSSR count). The molecule has 0 atom stereocenters. The van der Waals surface area contributed by atoms with Crippen molar-refractivity contribution < 1.29 is 33.8 Å². The minimum absolute atomic E-state index is 0. The van der Waals surface area contributed by atoms with E-state index in [1.807, 2.05) is 0 Å². The molecule has 0 amide bonds. The third-order valence-corrected chi connectivity index (χ3v) is 8.36. The van der Waals surface area contributed by atoms with Gasteiger partial charge in [-0.25, -0.2) is 9.59 Å². The number of carbonyl (C=O) groups excluding carboxylic acids is 4. The zero-order chi connectivity index (χ0) is 31.0. The van der Waals surface area contributed by atoms with Crippen molar-refractivity contribution in [2.24, 2.45) is 0 Å². The van der Waals surface area contributed by atoms with Crippen LogP contribution in [0.4, 0.5) is 0 Å². The van der Waals surface area contributed by atoms with Crippen LogP contribution in [0, 0.1) is 0 Å². The Morgan fingerprint density at radius 2 is 0.773 bits per heavy atom. The minimum atomic E-state index is -0.552. The molecule has 0 radical (unpaired) electrons. The number of halogens is 2. The van der Waals surface area contributed by atoms with Crippen molar-refractivity contribution in [1.82, 2.24) is 0 Å². The molecule has 2 aromatic carbocycles. The highest BCUT2D eigenvalue weighted by atomic mass is 35.5. The average molecular weight is 650 g/mol. The standard InChI is InChI=1S/C20H26O4.C8H4Cl2O2.C6H12O.CH4/c21-19(23-17-7-3-1-4-8-17)15-11-13-16(14-12-15)20(22)24-18-9-5-2-6-10-18;9-7(11)5-1-2-6(4-3-5)8(10)12;7-6-4-2-1-3-5-6;/h11-14,17-18H,1-10H2;1-4H;6-7H,1-5H2;1H4. The second-order valence-electron chi connectivity index (χ2n) is 11.3. The van der Waals surface area contributed by atoms with Gasteiger partial charge in [0.25, 0.3) is 10.5 Å². The monoisotopic (exact) mass is 648 g/mol. The molecular formula is C35H46Cl2O7. The maximum absolute atomic E-state index is 12.2. The molecule has 44 heavy (non-hydrogen) atoms. The SMILES string of the molecule is C.O=C(Cl)c1ccc(C(=O)Cl)cc1.O=C(OC1CCCCC1)c1ccc(C(=O)OC2CCCCC2)cc1.OC1CCCCC1. The number of ether oxygens (including phenoxy) is 2. The lowest BCUT2D eigenvalue weighted by Gasteiger charge is -2.22. The molecular weight excluding hydrogens is 603 g/mol. The molecule has 0 aliphatic heterocycles. The summed E-state index contributed by atoms with van der Waals surface area (Å²) in [5, 5.41) is 7.80. The van der Waals surface area contributed by atoms with Gasteiger partial charge in [0.05, 0.1) is 17.2 Å². The molecule has 2 aromatic rings. The minimum Gasteiger partial charge on any atom is -0.459 e. The first kappa shape index (κ1) is 37.4. The summed E-state index contributed by atoms with van der Waals surface area (Å²) < 4.78 is 11.1. The average Bonchev–Trinajstić information content (AvgIpc) is 3.03. The molecule has 9 heteroatoms. The fourth-order valence-corrected chi connectivity index (χ4v) is 5.61. The van der Waals surface area contributed by atoms with Crippen LogP contribution in [0.1, 0.15) is 145 Å². The highest BCUT2D eigenvalue weighted by Crippen LogP contribution is 2.23. The van der Waals surface area contributed by atoms with E-state index in [0.717, 1.165) is 64.2 Å². The van der Waals surface area contributed by atoms with Crippen LogP contribution in [-0.2, 0) is 9.47 Å². The van der Waals surface area contributed by atoms with Crippen molar-refractivity contribution in [3.05, 3.63) is 70.8 Å². The van der Waals surface area contributed by atoms with E-state index in [4.69, 9.17) is 37.8 Å². The highest BCUT2D eigenvalue weighted by molar-refractivity contribution is 6.68. The number of aliphatic hydroxyl groups is 1. The molecule has 242 valence electrons. The van der Waals surface area contributed by atoms with Crippen LogP contribution in [0.15, 0.2) is 48.5 Å². The number of carbonyl (C=O) groups is 4. The Morgan fingerprint density at radius 1 is 0.500 bits per heavy atom. The van der Waals surface area contributed by atoms with Crippen molar-refractivity contribution >= 4 is 45.6 Å². The third kappa shape index (κ3) is 13.5. The van der Waals surface area contributed by atoms with Gasteiger partial charge in [-0.15, -0.1) is 0 Å². The van der Waals surface area contributed by atoms with Gasteiger partial charge in [-0.3, -0.25) is 9.59 Å². The van der Waals surface area contributed by atoms with Gasteiger partial charge in [-0.05, 0) is 136 Å². The number of aliphatic hydroxyl groups excluding tert-OH is 1. The summed E-state index contributed by atoms with van der Waals surface area (Å²) in [4.78, 5) is 45.5. The first-order valence-corrected chi connectivity index (χ1v) is 16.2. The van der Waals surface area contributed by atoms with Crippen LogP contribution in [0.2, 0.25) is 0 Å². The Hall–Kier alpha value is -2.74. The molecule has 0 bridgehead atoms. The van der Waals surface area contributed by atoms with E-state index in [1.165, 1.54) is 56.4 Å². The molecule has 7 nitrogen and oxygen atoms in total. The van der Waals surface area contributed by atoms with Gasteiger partial charge in [-0.1, -0.05) is 39.5 Å². The Kier molecular flexibility index (Phi) is 17.3. The number of rotatable bonds is 6.